The van der Waals surface area contributed by atoms with Gasteiger partial charge in [-0.25, -0.2) is 13.2 Å². The number of hydrogen-bond donors (Lipinski definition) is 1. The number of halogens is 2. The zero-order chi connectivity index (χ0) is 15.6. The van der Waals surface area contributed by atoms with Crippen molar-refractivity contribution in [1.29, 1.82) is 0 Å². The minimum atomic E-state index is -3.72. The topological polar surface area (TPSA) is 71.4 Å². The minimum absolute atomic E-state index is 0.0709. The summed E-state index contributed by atoms with van der Waals surface area (Å²) in [5.41, 5.74) is 0.276. The molecule has 7 heteroatoms. The molecule has 0 saturated heterocycles. The first-order valence-electron chi connectivity index (χ1n) is 5.80. The van der Waals surface area contributed by atoms with Gasteiger partial charge in [0.2, 0.25) is 0 Å². The molecule has 0 saturated carbocycles. The van der Waals surface area contributed by atoms with Gasteiger partial charge in [0.15, 0.2) is 9.84 Å². The Hall–Kier alpha value is -1.56. The largest absolute Gasteiger partial charge is 0.478 e. The SMILES string of the molecule is O=C(O)c1cccc(S(=O)(=O)Cc2cccc(Cl)c2Cl)c1. The van der Waals surface area contributed by atoms with Crippen LogP contribution in [0, 0.1) is 0 Å². The smallest absolute Gasteiger partial charge is 0.335 e. The summed E-state index contributed by atoms with van der Waals surface area (Å²) in [7, 11) is -3.72. The molecule has 0 aliphatic carbocycles. The number of carbonyl (C=O) groups is 1. The molecule has 0 atom stereocenters. The van der Waals surface area contributed by atoms with Crippen molar-refractivity contribution in [2.24, 2.45) is 0 Å². The molecule has 110 valence electrons. The van der Waals surface area contributed by atoms with Crippen LogP contribution in [0.15, 0.2) is 47.4 Å². The summed E-state index contributed by atoms with van der Waals surface area (Å²) in [6, 6.07) is 9.91. The molecule has 0 aliphatic heterocycles. The van der Waals surface area contributed by atoms with Gasteiger partial charge in [0.1, 0.15) is 0 Å². The lowest BCUT2D eigenvalue weighted by molar-refractivity contribution is 0.0696. The maximum absolute atomic E-state index is 12.3. The van der Waals surface area contributed by atoms with Crippen molar-refractivity contribution in [3.8, 4) is 0 Å². The van der Waals surface area contributed by atoms with E-state index in [1.807, 2.05) is 0 Å². The molecule has 1 N–H and O–H groups in total. The van der Waals surface area contributed by atoms with Crippen molar-refractivity contribution in [3.05, 3.63) is 63.6 Å². The van der Waals surface area contributed by atoms with E-state index in [0.717, 1.165) is 6.07 Å². The average Bonchev–Trinajstić information content (AvgIpc) is 2.44. The quantitative estimate of drug-likeness (QED) is 0.918. The number of carboxylic acids is 1. The lowest BCUT2D eigenvalue weighted by atomic mass is 10.2. The Kier molecular flexibility index (Phi) is 4.56. The van der Waals surface area contributed by atoms with Gasteiger partial charge in [-0.3, -0.25) is 0 Å². The van der Waals surface area contributed by atoms with Crippen molar-refractivity contribution in [1.82, 2.24) is 0 Å². The van der Waals surface area contributed by atoms with Crippen LogP contribution < -0.4 is 0 Å². The van der Waals surface area contributed by atoms with E-state index in [2.05, 4.69) is 0 Å². The second-order valence-electron chi connectivity index (χ2n) is 4.31. The summed E-state index contributed by atoms with van der Waals surface area (Å²) in [6.07, 6.45) is 0. The molecule has 0 heterocycles. The van der Waals surface area contributed by atoms with E-state index in [9.17, 15) is 13.2 Å². The van der Waals surface area contributed by atoms with Crippen molar-refractivity contribution >= 4 is 39.0 Å². The Morgan fingerprint density at radius 1 is 1.10 bits per heavy atom. The molecular formula is C14H10Cl2O4S. The number of carboxylic acid groups (broad SMARTS) is 1. The molecule has 0 fully saturated rings. The maximum Gasteiger partial charge on any atom is 0.335 e. The number of hydrogen-bond acceptors (Lipinski definition) is 3. The highest BCUT2D eigenvalue weighted by atomic mass is 35.5. The van der Waals surface area contributed by atoms with Crippen LogP contribution in [0.3, 0.4) is 0 Å². The van der Waals surface area contributed by atoms with E-state index in [4.69, 9.17) is 28.3 Å². The van der Waals surface area contributed by atoms with E-state index < -0.39 is 15.8 Å². The molecule has 4 nitrogen and oxygen atoms in total. The highest BCUT2D eigenvalue weighted by Crippen LogP contribution is 2.28. The van der Waals surface area contributed by atoms with E-state index in [-0.39, 0.29) is 26.3 Å². The molecule has 0 radical (unpaired) electrons. The van der Waals surface area contributed by atoms with Gasteiger partial charge in [-0.2, -0.15) is 0 Å². The van der Waals surface area contributed by atoms with Gasteiger partial charge in [0.25, 0.3) is 0 Å². The van der Waals surface area contributed by atoms with Crippen LogP contribution in [0.4, 0.5) is 0 Å². The second kappa shape index (κ2) is 6.05. The molecule has 2 aromatic rings. The van der Waals surface area contributed by atoms with E-state index in [1.165, 1.54) is 18.2 Å². The van der Waals surface area contributed by atoms with Gasteiger partial charge >= 0.3 is 5.97 Å². The maximum atomic E-state index is 12.3. The zero-order valence-corrected chi connectivity index (χ0v) is 12.9. The monoisotopic (exact) mass is 344 g/mol. The van der Waals surface area contributed by atoms with Crippen molar-refractivity contribution in [3.63, 3.8) is 0 Å². The lowest BCUT2D eigenvalue weighted by Crippen LogP contribution is -2.07. The Balaban J connectivity index is 2.41. The van der Waals surface area contributed by atoms with Crippen LogP contribution in [0.1, 0.15) is 15.9 Å². The van der Waals surface area contributed by atoms with Crippen LogP contribution in [0.5, 0.6) is 0 Å². The Bertz CT molecular complexity index is 800. The van der Waals surface area contributed by atoms with Gasteiger partial charge in [0.05, 0.1) is 26.3 Å². The fourth-order valence-corrected chi connectivity index (χ4v) is 3.65. The highest BCUT2D eigenvalue weighted by molar-refractivity contribution is 7.90. The third-order valence-corrected chi connectivity index (χ3v) is 5.34. The molecule has 0 unspecified atom stereocenters. The van der Waals surface area contributed by atoms with Gasteiger partial charge in [-0.1, -0.05) is 41.4 Å². The number of sulfone groups is 1. The molecule has 0 amide bonds. The molecule has 2 rings (SSSR count). The predicted octanol–water partition coefficient (Wildman–Crippen LogP) is 3.67. The summed E-state index contributed by atoms with van der Waals surface area (Å²) in [4.78, 5) is 10.8. The Labute approximate surface area is 131 Å². The van der Waals surface area contributed by atoms with Crippen LogP contribution >= 0.6 is 23.2 Å². The first-order valence-corrected chi connectivity index (χ1v) is 8.21. The van der Waals surface area contributed by atoms with Crippen LogP contribution in [-0.4, -0.2) is 19.5 Å². The van der Waals surface area contributed by atoms with Gasteiger partial charge in [0, 0.05) is 0 Å². The van der Waals surface area contributed by atoms with E-state index in [1.54, 1.807) is 18.2 Å². The number of aromatic carboxylic acids is 1. The summed E-state index contributed by atoms with van der Waals surface area (Å²) in [5, 5.41) is 9.36. The van der Waals surface area contributed by atoms with Crippen LogP contribution in [0.25, 0.3) is 0 Å². The average molecular weight is 345 g/mol. The second-order valence-corrected chi connectivity index (χ2v) is 7.08. The standard InChI is InChI=1S/C14H10Cl2O4S/c15-12-6-2-4-10(13(12)16)8-21(19,20)11-5-1-3-9(7-11)14(17)18/h1-7H,8H2,(H,17,18). The first kappa shape index (κ1) is 15.8. The number of benzene rings is 2. The first-order chi connectivity index (χ1) is 9.81. The normalized spacial score (nSPS) is 11.3. The van der Waals surface area contributed by atoms with Crippen LogP contribution in [-0.2, 0) is 15.6 Å². The van der Waals surface area contributed by atoms with Crippen molar-refractivity contribution in [2.45, 2.75) is 10.6 Å². The Morgan fingerprint density at radius 3 is 2.43 bits per heavy atom. The Morgan fingerprint density at radius 2 is 1.76 bits per heavy atom. The summed E-state index contributed by atoms with van der Waals surface area (Å²) >= 11 is 11.8. The van der Waals surface area contributed by atoms with Gasteiger partial charge in [-0.05, 0) is 29.8 Å². The molecule has 2 aromatic carbocycles. The third-order valence-electron chi connectivity index (χ3n) is 2.82. The van der Waals surface area contributed by atoms with E-state index >= 15 is 0 Å². The minimum Gasteiger partial charge on any atom is -0.478 e. The predicted molar refractivity (Wildman–Crippen MR) is 80.8 cm³/mol. The van der Waals surface area contributed by atoms with Crippen molar-refractivity contribution in [2.75, 3.05) is 0 Å². The molecule has 0 bridgehead atoms. The van der Waals surface area contributed by atoms with E-state index in [0.29, 0.717) is 5.56 Å². The molecule has 0 aliphatic rings. The molecule has 21 heavy (non-hydrogen) atoms. The van der Waals surface area contributed by atoms with Crippen molar-refractivity contribution < 1.29 is 18.3 Å². The zero-order valence-electron chi connectivity index (χ0n) is 10.6. The summed E-state index contributed by atoms with van der Waals surface area (Å²) < 4.78 is 24.7. The summed E-state index contributed by atoms with van der Waals surface area (Å²) in [6.45, 7) is 0. The van der Waals surface area contributed by atoms with Crippen LogP contribution in [0.2, 0.25) is 10.0 Å². The fraction of sp³-hybridized carbons (Fsp3) is 0.0714. The lowest BCUT2D eigenvalue weighted by Gasteiger charge is -2.08. The molecule has 0 aromatic heterocycles. The fourth-order valence-electron chi connectivity index (χ4n) is 1.77. The van der Waals surface area contributed by atoms with Gasteiger partial charge < -0.3 is 5.11 Å². The molecule has 0 spiro atoms. The molecular weight excluding hydrogens is 335 g/mol. The summed E-state index contributed by atoms with van der Waals surface area (Å²) in [5.74, 6) is -1.54. The third kappa shape index (κ3) is 3.56. The van der Waals surface area contributed by atoms with Gasteiger partial charge in [-0.15, -0.1) is 0 Å². The number of rotatable bonds is 4. The highest BCUT2D eigenvalue weighted by Gasteiger charge is 2.19.